The molecule has 8 heteroatoms. The lowest BCUT2D eigenvalue weighted by atomic mass is 10.2. The highest BCUT2D eigenvalue weighted by Crippen LogP contribution is 2.23. The van der Waals surface area contributed by atoms with Crippen molar-refractivity contribution < 1.29 is 18.7 Å². The quantitative estimate of drug-likeness (QED) is 0.386. The number of anilines is 1. The van der Waals surface area contributed by atoms with Crippen molar-refractivity contribution in [1.82, 2.24) is 9.99 Å². The molecule has 0 atom stereocenters. The SMILES string of the molecule is COc1ccccc1NC(=O)C(=O)N/N=C\c1cc(C)n(-c2ccc(F)cc2)c1C. The van der Waals surface area contributed by atoms with Crippen molar-refractivity contribution in [3.05, 3.63) is 77.4 Å². The summed E-state index contributed by atoms with van der Waals surface area (Å²) in [5, 5.41) is 6.36. The molecule has 30 heavy (non-hydrogen) atoms. The van der Waals surface area contributed by atoms with E-state index in [1.807, 2.05) is 24.5 Å². The number of nitrogens with one attached hydrogen (secondary N) is 2. The molecule has 1 heterocycles. The van der Waals surface area contributed by atoms with E-state index in [4.69, 9.17) is 4.74 Å². The molecule has 154 valence electrons. The zero-order chi connectivity index (χ0) is 21.7. The predicted molar refractivity (Wildman–Crippen MR) is 113 cm³/mol. The van der Waals surface area contributed by atoms with Gasteiger partial charge in [0.25, 0.3) is 0 Å². The average molecular weight is 408 g/mol. The molecule has 7 nitrogen and oxygen atoms in total. The van der Waals surface area contributed by atoms with Gasteiger partial charge in [-0.2, -0.15) is 5.10 Å². The smallest absolute Gasteiger partial charge is 0.329 e. The average Bonchev–Trinajstić information content (AvgIpc) is 3.02. The Balaban J connectivity index is 1.68. The second kappa shape index (κ2) is 9.04. The Morgan fingerprint density at radius 1 is 1.07 bits per heavy atom. The van der Waals surface area contributed by atoms with Gasteiger partial charge < -0.3 is 14.6 Å². The van der Waals surface area contributed by atoms with Crippen LogP contribution in [0.5, 0.6) is 5.75 Å². The first-order chi connectivity index (χ1) is 14.4. The molecule has 0 saturated heterocycles. The van der Waals surface area contributed by atoms with Gasteiger partial charge in [0.2, 0.25) is 0 Å². The maximum Gasteiger partial charge on any atom is 0.329 e. The van der Waals surface area contributed by atoms with E-state index in [1.165, 1.54) is 25.5 Å². The van der Waals surface area contributed by atoms with Gasteiger partial charge in [0.05, 0.1) is 19.0 Å². The monoisotopic (exact) mass is 408 g/mol. The Morgan fingerprint density at radius 3 is 2.47 bits per heavy atom. The lowest BCUT2D eigenvalue weighted by molar-refractivity contribution is -0.136. The maximum absolute atomic E-state index is 13.2. The van der Waals surface area contributed by atoms with Gasteiger partial charge >= 0.3 is 11.8 Å². The van der Waals surface area contributed by atoms with Crippen LogP contribution in [0.2, 0.25) is 0 Å². The zero-order valence-corrected chi connectivity index (χ0v) is 16.8. The number of amides is 2. The van der Waals surface area contributed by atoms with Crippen LogP contribution in [0.1, 0.15) is 17.0 Å². The Bertz CT molecular complexity index is 1100. The second-order valence-corrected chi connectivity index (χ2v) is 6.49. The number of methoxy groups -OCH3 is 1. The van der Waals surface area contributed by atoms with Crippen LogP contribution in [0, 0.1) is 19.7 Å². The molecule has 0 radical (unpaired) electrons. The summed E-state index contributed by atoms with van der Waals surface area (Å²) in [7, 11) is 1.47. The molecule has 2 amide bonds. The van der Waals surface area contributed by atoms with Crippen LogP contribution in [0.25, 0.3) is 5.69 Å². The first-order valence-corrected chi connectivity index (χ1v) is 9.13. The van der Waals surface area contributed by atoms with Gasteiger partial charge in [-0.3, -0.25) is 9.59 Å². The highest BCUT2D eigenvalue weighted by Gasteiger charge is 2.15. The molecule has 2 N–H and O–H groups in total. The van der Waals surface area contributed by atoms with E-state index in [0.29, 0.717) is 11.4 Å². The van der Waals surface area contributed by atoms with Crippen LogP contribution in [-0.4, -0.2) is 29.7 Å². The molecule has 0 aliphatic rings. The number of hydrazone groups is 1. The lowest BCUT2D eigenvalue weighted by Gasteiger charge is -2.09. The Kier molecular flexibility index (Phi) is 6.26. The van der Waals surface area contributed by atoms with Crippen LogP contribution in [-0.2, 0) is 9.59 Å². The van der Waals surface area contributed by atoms with Gasteiger partial charge in [-0.15, -0.1) is 0 Å². The van der Waals surface area contributed by atoms with E-state index in [-0.39, 0.29) is 5.82 Å². The highest BCUT2D eigenvalue weighted by atomic mass is 19.1. The number of halogens is 1. The summed E-state index contributed by atoms with van der Waals surface area (Å²) in [5.41, 5.74) is 5.93. The molecule has 3 aromatic rings. The third-order valence-corrected chi connectivity index (χ3v) is 4.49. The number of hydrogen-bond acceptors (Lipinski definition) is 4. The highest BCUT2D eigenvalue weighted by molar-refractivity contribution is 6.39. The first kappa shape index (κ1) is 20.8. The largest absolute Gasteiger partial charge is 0.495 e. The van der Waals surface area contributed by atoms with Crippen LogP contribution in [0.4, 0.5) is 10.1 Å². The molecule has 1 aromatic heterocycles. The van der Waals surface area contributed by atoms with Gasteiger partial charge in [0.1, 0.15) is 11.6 Å². The lowest BCUT2D eigenvalue weighted by Crippen LogP contribution is -2.32. The fraction of sp³-hybridized carbons (Fsp3) is 0.136. The van der Waals surface area contributed by atoms with Gasteiger partial charge in [-0.25, -0.2) is 9.82 Å². The Hall–Kier alpha value is -3.94. The van der Waals surface area contributed by atoms with Crippen molar-refractivity contribution in [1.29, 1.82) is 0 Å². The zero-order valence-electron chi connectivity index (χ0n) is 16.8. The van der Waals surface area contributed by atoms with Gasteiger partial charge in [-0.05, 0) is 56.3 Å². The number of hydrogen-bond donors (Lipinski definition) is 2. The van der Waals surface area contributed by atoms with Crippen molar-refractivity contribution in [2.45, 2.75) is 13.8 Å². The molecule has 0 aliphatic heterocycles. The summed E-state index contributed by atoms with van der Waals surface area (Å²) >= 11 is 0. The van der Waals surface area contributed by atoms with Gasteiger partial charge in [0, 0.05) is 22.6 Å². The van der Waals surface area contributed by atoms with Crippen molar-refractivity contribution in [2.75, 3.05) is 12.4 Å². The maximum atomic E-state index is 13.2. The third-order valence-electron chi connectivity index (χ3n) is 4.49. The summed E-state index contributed by atoms with van der Waals surface area (Å²) in [6.07, 6.45) is 1.45. The number of nitrogens with zero attached hydrogens (tertiary/aromatic N) is 2. The number of carbonyl (C=O) groups is 2. The standard InChI is InChI=1S/C22H21FN4O3/c1-14-12-16(15(2)27(14)18-10-8-17(23)9-11-18)13-24-26-22(29)21(28)25-19-6-4-5-7-20(19)30-3/h4-13H,1-3H3,(H,25,28)(H,26,29)/b24-13-. The van der Waals surface area contributed by atoms with E-state index in [2.05, 4.69) is 15.8 Å². The predicted octanol–water partition coefficient (Wildman–Crippen LogP) is 3.33. The number of rotatable bonds is 5. The van der Waals surface area contributed by atoms with Crippen LogP contribution >= 0.6 is 0 Å². The minimum Gasteiger partial charge on any atom is -0.495 e. The minimum absolute atomic E-state index is 0.308. The van der Waals surface area contributed by atoms with E-state index >= 15 is 0 Å². The second-order valence-electron chi connectivity index (χ2n) is 6.49. The number of benzene rings is 2. The minimum atomic E-state index is -0.913. The molecular formula is C22H21FN4O3. The first-order valence-electron chi connectivity index (χ1n) is 9.13. The fourth-order valence-electron chi connectivity index (χ4n) is 3.04. The number of aromatic nitrogens is 1. The summed E-state index contributed by atoms with van der Waals surface area (Å²) < 4.78 is 20.3. The summed E-state index contributed by atoms with van der Waals surface area (Å²) in [4.78, 5) is 24.1. The topological polar surface area (TPSA) is 84.7 Å². The van der Waals surface area contributed by atoms with E-state index in [9.17, 15) is 14.0 Å². The Morgan fingerprint density at radius 2 is 1.77 bits per heavy atom. The van der Waals surface area contributed by atoms with Crippen LogP contribution < -0.4 is 15.5 Å². The number of para-hydroxylation sites is 2. The molecule has 3 rings (SSSR count). The number of aryl methyl sites for hydroxylation is 1. The molecular weight excluding hydrogens is 387 g/mol. The third kappa shape index (κ3) is 4.54. The van der Waals surface area contributed by atoms with Crippen LogP contribution in [0.3, 0.4) is 0 Å². The van der Waals surface area contributed by atoms with Gasteiger partial charge in [-0.1, -0.05) is 12.1 Å². The number of ether oxygens (including phenoxy) is 1. The number of carbonyl (C=O) groups excluding carboxylic acids is 2. The molecule has 2 aromatic carbocycles. The van der Waals surface area contributed by atoms with Crippen molar-refractivity contribution >= 4 is 23.7 Å². The Labute approximate surface area is 173 Å². The molecule has 0 aliphatic carbocycles. The summed E-state index contributed by atoms with van der Waals surface area (Å²) in [6, 6.07) is 14.8. The molecule has 0 saturated carbocycles. The normalized spacial score (nSPS) is 10.8. The van der Waals surface area contributed by atoms with Crippen molar-refractivity contribution in [3.63, 3.8) is 0 Å². The van der Waals surface area contributed by atoms with Crippen molar-refractivity contribution in [2.24, 2.45) is 5.10 Å². The van der Waals surface area contributed by atoms with Crippen molar-refractivity contribution in [3.8, 4) is 11.4 Å². The van der Waals surface area contributed by atoms with Crippen LogP contribution in [0.15, 0.2) is 59.7 Å². The molecule has 0 fully saturated rings. The summed E-state index contributed by atoms with van der Waals surface area (Å²) in [6.45, 7) is 3.79. The van der Waals surface area contributed by atoms with Gasteiger partial charge in [0.15, 0.2) is 0 Å². The molecule has 0 unspecified atom stereocenters. The molecule has 0 spiro atoms. The van der Waals surface area contributed by atoms with E-state index in [1.54, 1.807) is 36.4 Å². The summed E-state index contributed by atoms with van der Waals surface area (Å²) in [5.74, 6) is -1.65. The fourth-order valence-corrected chi connectivity index (χ4v) is 3.04. The molecule has 0 bridgehead atoms. The van der Waals surface area contributed by atoms with E-state index in [0.717, 1.165) is 22.6 Å². The van der Waals surface area contributed by atoms with E-state index < -0.39 is 11.8 Å².